The minimum atomic E-state index is -0.207. The molecule has 3 N–H and O–H groups in total. The first kappa shape index (κ1) is 28.4. The fourth-order valence-corrected chi connectivity index (χ4v) is 8.71. The van der Waals surface area contributed by atoms with E-state index in [9.17, 15) is 14.9 Å². The average molecular weight is 545 g/mol. The van der Waals surface area contributed by atoms with Gasteiger partial charge in [-0.25, -0.2) is 0 Å². The number of amides is 2. The summed E-state index contributed by atoms with van der Waals surface area (Å²) in [6, 6.07) is 2.93. The van der Waals surface area contributed by atoms with E-state index in [-0.39, 0.29) is 41.5 Å². The predicted octanol–water partition coefficient (Wildman–Crippen LogP) is 5.48. The molecule has 2 unspecified atom stereocenters. The summed E-state index contributed by atoms with van der Waals surface area (Å²) in [6.07, 6.45) is 11.1. The number of carbonyl (C=O) groups is 2. The fourth-order valence-electron chi connectivity index (χ4n) is 6.50. The van der Waals surface area contributed by atoms with Crippen molar-refractivity contribution >= 4 is 35.3 Å². The first-order chi connectivity index (χ1) is 17.9. The number of dihydropyridines is 1. The van der Waals surface area contributed by atoms with Crippen LogP contribution in [0.4, 0.5) is 0 Å². The lowest BCUT2D eigenvalue weighted by Gasteiger charge is -2.34. The van der Waals surface area contributed by atoms with Crippen LogP contribution in [-0.4, -0.2) is 41.2 Å². The van der Waals surface area contributed by atoms with E-state index >= 15 is 0 Å². The molecule has 0 spiro atoms. The molecule has 0 aromatic carbocycles. The van der Waals surface area contributed by atoms with Gasteiger partial charge in [0.15, 0.2) is 0 Å². The second-order valence-electron chi connectivity index (χ2n) is 11.6. The van der Waals surface area contributed by atoms with Gasteiger partial charge in [0.25, 0.3) is 0 Å². The number of hydrogen-bond donors (Lipinski definition) is 3. The first-order valence-corrected chi connectivity index (χ1v) is 16.4. The Balaban J connectivity index is 1.42. The van der Waals surface area contributed by atoms with Crippen LogP contribution in [0.25, 0.3) is 0 Å². The molecule has 2 heterocycles. The monoisotopic (exact) mass is 544 g/mol. The van der Waals surface area contributed by atoms with Gasteiger partial charge in [0.1, 0.15) is 0 Å². The molecule has 6 nitrogen and oxygen atoms in total. The molecule has 1 saturated heterocycles. The van der Waals surface area contributed by atoms with Crippen LogP contribution in [0.1, 0.15) is 85.0 Å². The number of carbonyl (C=O) groups excluding carboxylic acids is 2. The Morgan fingerprint density at radius 2 is 1.76 bits per heavy atom. The lowest BCUT2D eigenvalue weighted by molar-refractivity contribution is -0.120. The zero-order valence-corrected chi connectivity index (χ0v) is 24.4. The zero-order chi connectivity index (χ0) is 26.4. The SMILES string of the molecule is CC1=C(C(=O)NC2CCCCC2)C(C2CCSC2)C(C#N)=C(SCC(=O)NC2CCC(C(C)C)CC2)N1. The lowest BCUT2D eigenvalue weighted by Crippen LogP contribution is -2.43. The van der Waals surface area contributed by atoms with Crippen molar-refractivity contribution in [2.24, 2.45) is 23.7 Å². The maximum atomic E-state index is 13.5. The molecule has 2 aliphatic carbocycles. The van der Waals surface area contributed by atoms with Gasteiger partial charge < -0.3 is 16.0 Å². The Morgan fingerprint density at radius 3 is 2.38 bits per heavy atom. The van der Waals surface area contributed by atoms with Crippen molar-refractivity contribution in [3.63, 3.8) is 0 Å². The van der Waals surface area contributed by atoms with Crippen molar-refractivity contribution in [3.8, 4) is 6.07 Å². The van der Waals surface area contributed by atoms with Crippen molar-refractivity contribution in [2.75, 3.05) is 17.3 Å². The van der Waals surface area contributed by atoms with Gasteiger partial charge in [-0.1, -0.05) is 44.9 Å². The maximum absolute atomic E-state index is 13.5. The molecule has 8 heteroatoms. The van der Waals surface area contributed by atoms with Crippen LogP contribution in [0.15, 0.2) is 21.9 Å². The Labute approximate surface area is 231 Å². The van der Waals surface area contributed by atoms with Crippen LogP contribution >= 0.6 is 23.5 Å². The maximum Gasteiger partial charge on any atom is 0.249 e. The number of nitriles is 1. The largest absolute Gasteiger partial charge is 0.353 e. The van der Waals surface area contributed by atoms with Crippen LogP contribution in [0.3, 0.4) is 0 Å². The number of nitrogens with zero attached hydrogens (tertiary/aromatic N) is 1. The molecule has 2 amide bonds. The quantitative estimate of drug-likeness (QED) is 0.375. The van der Waals surface area contributed by atoms with E-state index in [1.54, 1.807) is 0 Å². The number of allylic oxidation sites excluding steroid dienone is 2. The fraction of sp³-hybridized carbons (Fsp3) is 0.759. The van der Waals surface area contributed by atoms with Crippen LogP contribution in [0.2, 0.25) is 0 Å². The molecule has 204 valence electrons. The van der Waals surface area contributed by atoms with E-state index in [1.165, 1.54) is 31.0 Å². The van der Waals surface area contributed by atoms with Crippen molar-refractivity contribution in [1.29, 1.82) is 5.26 Å². The Hall–Kier alpha value is -1.59. The van der Waals surface area contributed by atoms with E-state index in [2.05, 4.69) is 35.9 Å². The van der Waals surface area contributed by atoms with Gasteiger partial charge in [-0.15, -0.1) is 0 Å². The summed E-state index contributed by atoms with van der Waals surface area (Å²) in [6.45, 7) is 6.53. The van der Waals surface area contributed by atoms with Crippen molar-refractivity contribution in [3.05, 3.63) is 21.9 Å². The van der Waals surface area contributed by atoms with Crippen LogP contribution < -0.4 is 16.0 Å². The van der Waals surface area contributed by atoms with E-state index in [0.717, 1.165) is 78.7 Å². The Kier molecular flexibility index (Phi) is 10.3. The molecule has 2 aliphatic heterocycles. The summed E-state index contributed by atoms with van der Waals surface area (Å²) < 4.78 is 0. The Bertz CT molecular complexity index is 934. The summed E-state index contributed by atoms with van der Waals surface area (Å²) in [5, 5.41) is 20.9. The molecule has 4 rings (SSSR count). The van der Waals surface area contributed by atoms with Gasteiger partial charge in [0, 0.05) is 29.3 Å². The number of thioether (sulfide) groups is 2. The molecular formula is C29H44N4O2S2. The third-order valence-corrected chi connectivity index (χ3v) is 10.9. The third-order valence-electron chi connectivity index (χ3n) is 8.74. The minimum absolute atomic E-state index is 0.0228. The molecular weight excluding hydrogens is 500 g/mol. The first-order valence-electron chi connectivity index (χ1n) is 14.3. The van der Waals surface area contributed by atoms with Gasteiger partial charge in [-0.3, -0.25) is 9.59 Å². The smallest absolute Gasteiger partial charge is 0.249 e. The number of hydrogen-bond acceptors (Lipinski definition) is 6. The normalized spacial score (nSPS) is 29.2. The predicted molar refractivity (Wildman–Crippen MR) is 154 cm³/mol. The highest BCUT2D eigenvalue weighted by Crippen LogP contribution is 2.43. The van der Waals surface area contributed by atoms with Crippen LogP contribution in [0.5, 0.6) is 0 Å². The van der Waals surface area contributed by atoms with Gasteiger partial charge in [0.05, 0.1) is 22.4 Å². The molecule has 2 atom stereocenters. The summed E-state index contributed by atoms with van der Waals surface area (Å²) in [7, 11) is 0. The standard InChI is InChI=1S/C29H44N4O2S2/c1-18(2)20-9-11-23(12-10-20)32-25(34)17-37-29-24(15-30)27(21-13-14-36-16-21)26(19(3)31-29)28(35)33-22-7-5-4-6-8-22/h18,20-23,27,31H,4-14,16-17H2,1-3H3,(H,32,34)(H,33,35). The van der Waals surface area contributed by atoms with Gasteiger partial charge in [-0.2, -0.15) is 17.0 Å². The highest BCUT2D eigenvalue weighted by molar-refractivity contribution is 8.03. The van der Waals surface area contributed by atoms with Gasteiger partial charge in [0.2, 0.25) is 11.8 Å². The summed E-state index contributed by atoms with van der Waals surface area (Å²) in [4.78, 5) is 26.4. The molecule has 0 bridgehead atoms. The minimum Gasteiger partial charge on any atom is -0.353 e. The van der Waals surface area contributed by atoms with E-state index in [1.807, 2.05) is 18.7 Å². The second-order valence-corrected chi connectivity index (χ2v) is 13.8. The van der Waals surface area contributed by atoms with E-state index < -0.39 is 0 Å². The molecule has 0 aromatic rings. The van der Waals surface area contributed by atoms with Gasteiger partial charge >= 0.3 is 0 Å². The molecule has 0 aromatic heterocycles. The van der Waals surface area contributed by atoms with Gasteiger partial charge in [-0.05, 0) is 81.1 Å². The van der Waals surface area contributed by atoms with Crippen molar-refractivity contribution in [2.45, 2.75) is 97.1 Å². The summed E-state index contributed by atoms with van der Waals surface area (Å²) in [5.41, 5.74) is 2.18. The summed E-state index contributed by atoms with van der Waals surface area (Å²) >= 11 is 3.31. The molecule has 37 heavy (non-hydrogen) atoms. The highest BCUT2D eigenvalue weighted by Gasteiger charge is 2.40. The third kappa shape index (κ3) is 7.29. The van der Waals surface area contributed by atoms with E-state index in [4.69, 9.17) is 0 Å². The van der Waals surface area contributed by atoms with Crippen molar-refractivity contribution in [1.82, 2.24) is 16.0 Å². The molecule has 4 aliphatic rings. The molecule has 3 fully saturated rings. The zero-order valence-electron chi connectivity index (χ0n) is 22.7. The summed E-state index contributed by atoms with van der Waals surface area (Å²) in [5.74, 6) is 3.84. The lowest BCUT2D eigenvalue weighted by atomic mass is 9.77. The number of rotatable bonds is 8. The second kappa shape index (κ2) is 13.5. The molecule has 0 radical (unpaired) electrons. The Morgan fingerprint density at radius 1 is 1.05 bits per heavy atom. The van der Waals surface area contributed by atoms with Crippen LogP contribution in [-0.2, 0) is 9.59 Å². The average Bonchev–Trinajstić information content (AvgIpc) is 3.42. The van der Waals surface area contributed by atoms with E-state index in [0.29, 0.717) is 11.5 Å². The topological polar surface area (TPSA) is 94.0 Å². The highest BCUT2D eigenvalue weighted by atomic mass is 32.2. The van der Waals surface area contributed by atoms with Crippen LogP contribution in [0, 0.1) is 35.0 Å². The van der Waals surface area contributed by atoms with Crippen molar-refractivity contribution < 1.29 is 9.59 Å². The molecule has 2 saturated carbocycles. The number of nitrogens with one attached hydrogen (secondary N) is 3.